The molecule has 22 heavy (non-hydrogen) atoms. The zero-order valence-electron chi connectivity index (χ0n) is 13.5. The number of hydrogen-bond donors (Lipinski definition) is 2. The van der Waals surface area contributed by atoms with Crippen molar-refractivity contribution >= 4 is 23.2 Å². The van der Waals surface area contributed by atoms with E-state index in [4.69, 9.17) is 22.1 Å². The first-order valence-corrected chi connectivity index (χ1v) is 7.96. The van der Waals surface area contributed by atoms with Crippen molar-refractivity contribution < 1.29 is 4.74 Å². The van der Waals surface area contributed by atoms with E-state index in [1.165, 1.54) is 12.8 Å². The van der Waals surface area contributed by atoms with E-state index in [1.807, 2.05) is 6.07 Å². The van der Waals surface area contributed by atoms with Crippen LogP contribution in [0, 0.1) is 0 Å². The van der Waals surface area contributed by atoms with Gasteiger partial charge in [0.25, 0.3) is 0 Å². The summed E-state index contributed by atoms with van der Waals surface area (Å²) in [6.45, 7) is 7.32. The van der Waals surface area contributed by atoms with E-state index in [0.29, 0.717) is 23.3 Å². The molecule has 1 saturated heterocycles. The van der Waals surface area contributed by atoms with Gasteiger partial charge in [-0.2, -0.15) is 0 Å². The van der Waals surface area contributed by atoms with Gasteiger partial charge < -0.3 is 15.8 Å². The molecule has 3 N–H and O–H groups in total. The molecule has 1 aromatic rings. The first kappa shape index (κ1) is 16.9. The van der Waals surface area contributed by atoms with Gasteiger partial charge in [-0.1, -0.05) is 11.6 Å². The number of benzene rings is 1. The number of hydrogen-bond acceptors (Lipinski definition) is 3. The number of nitrogens with one attached hydrogen (secondary N) is 1. The molecule has 1 fully saturated rings. The molecule has 0 unspecified atom stereocenters. The standard InChI is InChI=1S/C16H25ClN4O/c1-16(2)7-4-9-21(16)10-8-19-15(18)20-12-5-6-14(22-3)13(17)11-12/h5-6,11H,4,7-10H2,1-3H3,(H3,18,19,20). The number of aliphatic imine (C=N–C) groups is 1. The zero-order valence-corrected chi connectivity index (χ0v) is 14.3. The van der Waals surface area contributed by atoms with Gasteiger partial charge in [0.05, 0.1) is 18.7 Å². The topological polar surface area (TPSA) is 62.9 Å². The van der Waals surface area contributed by atoms with E-state index >= 15 is 0 Å². The highest BCUT2D eigenvalue weighted by atomic mass is 35.5. The monoisotopic (exact) mass is 324 g/mol. The highest BCUT2D eigenvalue weighted by molar-refractivity contribution is 6.32. The Balaban J connectivity index is 1.86. The number of anilines is 1. The predicted molar refractivity (Wildman–Crippen MR) is 93.0 cm³/mol. The fourth-order valence-electron chi connectivity index (χ4n) is 2.80. The maximum Gasteiger partial charge on any atom is 0.193 e. The Morgan fingerprint density at radius 3 is 2.86 bits per heavy atom. The van der Waals surface area contributed by atoms with Gasteiger partial charge >= 0.3 is 0 Å². The SMILES string of the molecule is COc1ccc(NC(N)=NCCN2CCCC2(C)C)cc1Cl. The highest BCUT2D eigenvalue weighted by Crippen LogP contribution is 2.28. The second kappa shape index (κ2) is 7.20. The van der Waals surface area contributed by atoms with E-state index in [-0.39, 0.29) is 5.54 Å². The zero-order chi connectivity index (χ0) is 16.2. The number of likely N-dealkylation sites (tertiary alicyclic amines) is 1. The fourth-order valence-corrected chi connectivity index (χ4v) is 3.06. The predicted octanol–water partition coefficient (Wildman–Crippen LogP) is 2.95. The number of ether oxygens (including phenoxy) is 1. The van der Waals surface area contributed by atoms with Gasteiger partial charge in [0.15, 0.2) is 5.96 Å². The van der Waals surface area contributed by atoms with Gasteiger partial charge in [-0.25, -0.2) is 0 Å². The fraction of sp³-hybridized carbons (Fsp3) is 0.562. The summed E-state index contributed by atoms with van der Waals surface area (Å²) in [7, 11) is 1.59. The maximum atomic E-state index is 6.08. The Hall–Kier alpha value is -1.46. The molecule has 0 atom stereocenters. The Morgan fingerprint density at radius 2 is 2.27 bits per heavy atom. The van der Waals surface area contributed by atoms with Crippen molar-refractivity contribution in [3.63, 3.8) is 0 Å². The molecule has 0 bridgehead atoms. The molecule has 0 amide bonds. The van der Waals surface area contributed by atoms with Crippen LogP contribution < -0.4 is 15.8 Å². The summed E-state index contributed by atoms with van der Waals surface area (Å²) < 4.78 is 5.12. The van der Waals surface area contributed by atoms with Crippen LogP contribution in [-0.4, -0.2) is 43.1 Å². The van der Waals surface area contributed by atoms with Crippen LogP contribution in [-0.2, 0) is 0 Å². The van der Waals surface area contributed by atoms with E-state index in [9.17, 15) is 0 Å². The molecule has 0 aromatic heterocycles. The average Bonchev–Trinajstić information content (AvgIpc) is 2.78. The molecule has 2 rings (SSSR count). The van der Waals surface area contributed by atoms with E-state index in [0.717, 1.165) is 18.8 Å². The number of rotatable bonds is 5. The summed E-state index contributed by atoms with van der Waals surface area (Å²) in [6.07, 6.45) is 2.50. The summed E-state index contributed by atoms with van der Waals surface area (Å²) in [5.41, 5.74) is 7.00. The lowest BCUT2D eigenvalue weighted by molar-refractivity contribution is 0.180. The minimum atomic E-state index is 0.279. The molecule has 5 nitrogen and oxygen atoms in total. The van der Waals surface area contributed by atoms with Crippen LogP contribution in [0.15, 0.2) is 23.2 Å². The summed E-state index contributed by atoms with van der Waals surface area (Å²) >= 11 is 6.08. The maximum absolute atomic E-state index is 6.08. The third-order valence-electron chi connectivity index (χ3n) is 4.15. The van der Waals surface area contributed by atoms with Crippen LogP contribution in [0.5, 0.6) is 5.75 Å². The second-order valence-electron chi connectivity index (χ2n) is 6.14. The number of methoxy groups -OCH3 is 1. The first-order valence-electron chi connectivity index (χ1n) is 7.58. The van der Waals surface area contributed by atoms with Crippen molar-refractivity contribution in [1.82, 2.24) is 4.90 Å². The molecule has 1 aliphatic heterocycles. The molecule has 6 heteroatoms. The van der Waals surface area contributed by atoms with Gasteiger partial charge in [0.1, 0.15) is 5.75 Å². The third-order valence-corrected chi connectivity index (χ3v) is 4.44. The summed E-state index contributed by atoms with van der Waals surface area (Å²) in [4.78, 5) is 6.85. The third kappa shape index (κ3) is 4.27. The van der Waals surface area contributed by atoms with E-state index in [1.54, 1.807) is 19.2 Å². The summed E-state index contributed by atoms with van der Waals surface area (Å²) in [5.74, 6) is 1.04. The number of guanidine groups is 1. The minimum absolute atomic E-state index is 0.279. The van der Waals surface area contributed by atoms with Gasteiger partial charge in [0.2, 0.25) is 0 Å². The number of nitrogens with two attached hydrogens (primary N) is 1. The molecular weight excluding hydrogens is 300 g/mol. The molecule has 0 saturated carbocycles. The van der Waals surface area contributed by atoms with Crippen molar-refractivity contribution in [2.45, 2.75) is 32.2 Å². The molecule has 1 aliphatic rings. The highest BCUT2D eigenvalue weighted by Gasteiger charge is 2.30. The molecule has 0 spiro atoms. The van der Waals surface area contributed by atoms with Crippen molar-refractivity contribution in [3.05, 3.63) is 23.2 Å². The molecular formula is C16H25ClN4O. The lowest BCUT2D eigenvalue weighted by Gasteiger charge is -2.30. The van der Waals surface area contributed by atoms with E-state index < -0.39 is 0 Å². The Morgan fingerprint density at radius 1 is 1.50 bits per heavy atom. The molecule has 122 valence electrons. The average molecular weight is 325 g/mol. The quantitative estimate of drug-likeness (QED) is 0.645. The molecule has 1 aromatic carbocycles. The lowest BCUT2D eigenvalue weighted by atomic mass is 10.0. The van der Waals surface area contributed by atoms with Crippen molar-refractivity contribution in [1.29, 1.82) is 0 Å². The first-order chi connectivity index (χ1) is 10.4. The van der Waals surface area contributed by atoms with Crippen LogP contribution in [0.3, 0.4) is 0 Å². The van der Waals surface area contributed by atoms with Crippen LogP contribution in [0.4, 0.5) is 5.69 Å². The molecule has 1 heterocycles. The van der Waals surface area contributed by atoms with E-state index in [2.05, 4.69) is 29.1 Å². The van der Waals surface area contributed by atoms with Crippen LogP contribution in [0.25, 0.3) is 0 Å². The van der Waals surface area contributed by atoms with Gasteiger partial charge in [0, 0.05) is 17.8 Å². The number of halogens is 1. The van der Waals surface area contributed by atoms with Crippen molar-refractivity contribution in [2.75, 3.05) is 32.1 Å². The summed E-state index contributed by atoms with van der Waals surface area (Å²) in [5, 5.41) is 3.59. The van der Waals surface area contributed by atoms with Gasteiger partial charge in [-0.05, 0) is 51.4 Å². The normalized spacial score (nSPS) is 18.5. The Bertz CT molecular complexity index is 545. The van der Waals surface area contributed by atoms with Crippen LogP contribution in [0.2, 0.25) is 5.02 Å². The summed E-state index contributed by atoms with van der Waals surface area (Å²) in [6, 6.07) is 5.42. The van der Waals surface area contributed by atoms with Gasteiger partial charge in [-0.3, -0.25) is 9.89 Å². The van der Waals surface area contributed by atoms with Crippen molar-refractivity contribution in [2.24, 2.45) is 10.7 Å². The Kier molecular flexibility index (Phi) is 5.53. The lowest BCUT2D eigenvalue weighted by Crippen LogP contribution is -2.40. The second-order valence-corrected chi connectivity index (χ2v) is 6.55. The smallest absolute Gasteiger partial charge is 0.193 e. The Labute approximate surface area is 137 Å². The molecule has 0 aliphatic carbocycles. The minimum Gasteiger partial charge on any atom is -0.495 e. The molecule has 0 radical (unpaired) electrons. The van der Waals surface area contributed by atoms with Gasteiger partial charge in [-0.15, -0.1) is 0 Å². The largest absolute Gasteiger partial charge is 0.495 e. The van der Waals surface area contributed by atoms with Crippen molar-refractivity contribution in [3.8, 4) is 5.75 Å². The number of nitrogens with zero attached hydrogens (tertiary/aromatic N) is 2. The van der Waals surface area contributed by atoms with Crippen LogP contribution >= 0.6 is 11.6 Å². The van der Waals surface area contributed by atoms with Crippen LogP contribution in [0.1, 0.15) is 26.7 Å².